The molecule has 1 atom stereocenters. The van der Waals surface area contributed by atoms with Gasteiger partial charge in [0.1, 0.15) is 12.4 Å². The van der Waals surface area contributed by atoms with Crippen LogP contribution in [0.4, 0.5) is 14.5 Å². The van der Waals surface area contributed by atoms with Gasteiger partial charge in [0, 0.05) is 31.5 Å². The maximum absolute atomic E-state index is 12.3. The Kier molecular flexibility index (Phi) is 5.67. The molecule has 3 rings (SSSR count). The molecular formula is C17H19F2N3O4. The maximum Gasteiger partial charge on any atom is 0.388 e. The molecule has 0 spiro atoms. The highest BCUT2D eigenvalue weighted by Gasteiger charge is 2.18. The van der Waals surface area contributed by atoms with Crippen molar-refractivity contribution in [2.24, 2.45) is 7.05 Å². The van der Waals surface area contributed by atoms with E-state index in [4.69, 9.17) is 9.47 Å². The van der Waals surface area contributed by atoms with Crippen molar-refractivity contribution < 1.29 is 27.8 Å². The number of anilines is 1. The van der Waals surface area contributed by atoms with Gasteiger partial charge in [-0.15, -0.1) is 0 Å². The zero-order valence-corrected chi connectivity index (χ0v) is 14.2. The van der Waals surface area contributed by atoms with Crippen molar-refractivity contribution >= 4 is 11.6 Å². The van der Waals surface area contributed by atoms with Crippen molar-refractivity contribution in [3.63, 3.8) is 0 Å². The van der Waals surface area contributed by atoms with Gasteiger partial charge in [0.05, 0.1) is 6.10 Å². The van der Waals surface area contributed by atoms with Crippen LogP contribution >= 0.6 is 0 Å². The summed E-state index contributed by atoms with van der Waals surface area (Å²) in [5.74, 6) is -0.138. The molecule has 2 aromatic rings. The second kappa shape index (κ2) is 8.13. The van der Waals surface area contributed by atoms with E-state index >= 15 is 0 Å². The summed E-state index contributed by atoms with van der Waals surface area (Å²) in [5, 5.41) is 6.52. The third kappa shape index (κ3) is 4.69. The number of benzene rings is 1. The van der Waals surface area contributed by atoms with Gasteiger partial charge in [-0.05, 0) is 25.0 Å². The number of aromatic nitrogens is 2. The Labute approximate surface area is 148 Å². The van der Waals surface area contributed by atoms with E-state index in [0.29, 0.717) is 18.0 Å². The minimum atomic E-state index is -2.99. The second-order valence-corrected chi connectivity index (χ2v) is 5.80. The highest BCUT2D eigenvalue weighted by Crippen LogP contribution is 2.21. The number of halogens is 2. The van der Waals surface area contributed by atoms with E-state index in [0.717, 1.165) is 30.2 Å². The number of alkyl halides is 2. The Hall–Kier alpha value is -2.68. The molecule has 0 bridgehead atoms. The van der Waals surface area contributed by atoms with E-state index in [1.807, 2.05) is 0 Å². The number of ether oxygens (including phenoxy) is 3. The number of nitrogens with zero attached hydrogens (tertiary/aromatic N) is 2. The van der Waals surface area contributed by atoms with Crippen molar-refractivity contribution in [3.8, 4) is 11.6 Å². The quantitative estimate of drug-likeness (QED) is 0.815. The first-order valence-electron chi connectivity index (χ1n) is 8.16. The van der Waals surface area contributed by atoms with Gasteiger partial charge in [0.2, 0.25) is 5.88 Å². The van der Waals surface area contributed by atoms with Crippen LogP contribution in [-0.2, 0) is 11.8 Å². The topological polar surface area (TPSA) is 74.6 Å². The molecule has 1 saturated heterocycles. The SMILES string of the molecule is Cn1nc(C(=O)Nc2cccc(OC[C@H]3CCCO3)c2)cc1OC(F)F. The summed E-state index contributed by atoms with van der Waals surface area (Å²) in [5.41, 5.74) is 0.468. The first-order valence-corrected chi connectivity index (χ1v) is 8.16. The van der Waals surface area contributed by atoms with Gasteiger partial charge in [-0.1, -0.05) is 6.07 Å². The Bertz CT molecular complexity index is 760. The summed E-state index contributed by atoms with van der Waals surface area (Å²) in [6.45, 7) is -1.78. The molecule has 0 unspecified atom stereocenters. The van der Waals surface area contributed by atoms with Gasteiger partial charge in [0.15, 0.2) is 5.69 Å². The average Bonchev–Trinajstić information content (AvgIpc) is 3.23. The van der Waals surface area contributed by atoms with E-state index < -0.39 is 12.5 Å². The van der Waals surface area contributed by atoms with Gasteiger partial charge in [-0.3, -0.25) is 4.79 Å². The van der Waals surface area contributed by atoms with E-state index in [-0.39, 0.29) is 17.7 Å². The first kappa shape index (κ1) is 18.1. The number of nitrogens with one attached hydrogen (secondary N) is 1. The van der Waals surface area contributed by atoms with Crippen LogP contribution in [0.1, 0.15) is 23.3 Å². The molecule has 0 saturated carbocycles. The molecule has 26 heavy (non-hydrogen) atoms. The fraction of sp³-hybridized carbons (Fsp3) is 0.412. The normalized spacial score (nSPS) is 16.7. The summed E-state index contributed by atoms with van der Waals surface area (Å²) in [6, 6.07) is 8.03. The lowest BCUT2D eigenvalue weighted by atomic mass is 10.2. The molecule has 1 N–H and O–H groups in total. The second-order valence-electron chi connectivity index (χ2n) is 5.80. The van der Waals surface area contributed by atoms with Crippen molar-refractivity contribution in [2.75, 3.05) is 18.5 Å². The van der Waals surface area contributed by atoms with Crippen molar-refractivity contribution in [1.82, 2.24) is 9.78 Å². The highest BCUT2D eigenvalue weighted by atomic mass is 19.3. The first-order chi connectivity index (χ1) is 12.5. The third-order valence-corrected chi connectivity index (χ3v) is 3.83. The van der Waals surface area contributed by atoms with Crippen LogP contribution in [0.3, 0.4) is 0 Å². The fourth-order valence-electron chi connectivity index (χ4n) is 2.59. The summed E-state index contributed by atoms with van der Waals surface area (Å²) >= 11 is 0. The van der Waals surface area contributed by atoms with E-state index in [1.165, 1.54) is 7.05 Å². The summed E-state index contributed by atoms with van der Waals surface area (Å²) < 4.78 is 41.1. The number of hydrogen-bond acceptors (Lipinski definition) is 5. The van der Waals surface area contributed by atoms with Gasteiger partial charge in [0.25, 0.3) is 5.91 Å². The molecule has 1 aliphatic rings. The lowest BCUT2D eigenvalue weighted by Crippen LogP contribution is -2.16. The molecule has 7 nitrogen and oxygen atoms in total. The average molecular weight is 367 g/mol. The number of rotatable bonds is 7. The number of carbonyl (C=O) groups excluding carboxylic acids is 1. The number of amides is 1. The molecule has 0 aliphatic carbocycles. The molecule has 1 fully saturated rings. The Morgan fingerprint density at radius 3 is 3.04 bits per heavy atom. The number of hydrogen-bond donors (Lipinski definition) is 1. The largest absolute Gasteiger partial charge is 0.491 e. The van der Waals surface area contributed by atoms with E-state index in [9.17, 15) is 13.6 Å². The van der Waals surface area contributed by atoms with Crippen LogP contribution in [0, 0.1) is 0 Å². The van der Waals surface area contributed by atoms with Crippen molar-refractivity contribution in [1.29, 1.82) is 0 Å². The fourth-order valence-corrected chi connectivity index (χ4v) is 2.59. The molecule has 1 amide bonds. The van der Waals surface area contributed by atoms with Gasteiger partial charge >= 0.3 is 6.61 Å². The molecule has 9 heteroatoms. The highest BCUT2D eigenvalue weighted by molar-refractivity contribution is 6.03. The van der Waals surface area contributed by atoms with Crippen LogP contribution in [-0.4, -0.2) is 41.6 Å². The van der Waals surface area contributed by atoms with Crippen LogP contribution in [0.15, 0.2) is 30.3 Å². The Balaban J connectivity index is 1.61. The van der Waals surface area contributed by atoms with Gasteiger partial charge < -0.3 is 19.5 Å². The maximum atomic E-state index is 12.3. The predicted molar refractivity (Wildman–Crippen MR) is 88.7 cm³/mol. The summed E-state index contributed by atoms with van der Waals surface area (Å²) in [6.07, 6.45) is 2.10. The number of carbonyl (C=O) groups is 1. The van der Waals surface area contributed by atoms with Crippen LogP contribution in [0.25, 0.3) is 0 Å². The minimum absolute atomic E-state index is 0.0335. The molecule has 0 radical (unpaired) electrons. The third-order valence-electron chi connectivity index (χ3n) is 3.83. The molecule has 1 aromatic carbocycles. The molecule has 1 aliphatic heterocycles. The molecule has 140 valence electrons. The lowest BCUT2D eigenvalue weighted by Gasteiger charge is -2.12. The van der Waals surface area contributed by atoms with Crippen molar-refractivity contribution in [2.45, 2.75) is 25.6 Å². The predicted octanol–water partition coefficient (Wildman–Crippen LogP) is 2.83. The molecule has 1 aromatic heterocycles. The zero-order chi connectivity index (χ0) is 18.5. The van der Waals surface area contributed by atoms with E-state index in [2.05, 4.69) is 15.2 Å². The van der Waals surface area contributed by atoms with Crippen LogP contribution < -0.4 is 14.8 Å². The molecular weight excluding hydrogens is 348 g/mol. The van der Waals surface area contributed by atoms with E-state index in [1.54, 1.807) is 24.3 Å². The zero-order valence-electron chi connectivity index (χ0n) is 14.2. The smallest absolute Gasteiger partial charge is 0.388 e. The standard InChI is InChI=1S/C17H19F2N3O4/c1-22-15(26-17(18)19)9-14(21-22)16(23)20-11-4-2-5-12(8-11)25-10-13-6-3-7-24-13/h2,4-5,8-9,13,17H,3,6-7,10H2,1H3,(H,20,23)/t13-/m1/s1. The summed E-state index contributed by atoms with van der Waals surface area (Å²) in [4.78, 5) is 12.3. The van der Waals surface area contributed by atoms with Crippen LogP contribution in [0.5, 0.6) is 11.6 Å². The van der Waals surface area contributed by atoms with Crippen molar-refractivity contribution in [3.05, 3.63) is 36.0 Å². The Morgan fingerprint density at radius 2 is 2.31 bits per heavy atom. The van der Waals surface area contributed by atoms with Gasteiger partial charge in [-0.2, -0.15) is 13.9 Å². The number of aryl methyl sites for hydroxylation is 1. The molecule has 2 heterocycles. The minimum Gasteiger partial charge on any atom is -0.491 e. The monoisotopic (exact) mass is 367 g/mol. The lowest BCUT2D eigenvalue weighted by molar-refractivity contribution is -0.0553. The summed E-state index contributed by atoms with van der Waals surface area (Å²) in [7, 11) is 1.41. The Morgan fingerprint density at radius 1 is 1.46 bits per heavy atom. The van der Waals surface area contributed by atoms with Gasteiger partial charge in [-0.25, -0.2) is 4.68 Å². The van der Waals surface area contributed by atoms with Crippen LogP contribution in [0.2, 0.25) is 0 Å².